The van der Waals surface area contributed by atoms with Crippen molar-refractivity contribution in [3.63, 3.8) is 0 Å². The summed E-state index contributed by atoms with van der Waals surface area (Å²) in [5.41, 5.74) is 32.9. The van der Waals surface area contributed by atoms with E-state index in [1.807, 2.05) is 0 Å². The summed E-state index contributed by atoms with van der Waals surface area (Å²) in [6.45, 7) is 32.5. The van der Waals surface area contributed by atoms with Crippen LogP contribution in [0.2, 0.25) is 0 Å². The average Bonchev–Trinajstić information content (AvgIpc) is 3.66. The van der Waals surface area contributed by atoms with Crippen LogP contribution in [0.15, 0.2) is 158 Å². The van der Waals surface area contributed by atoms with E-state index < -0.39 is 0 Å². The summed E-state index contributed by atoms with van der Waals surface area (Å²) in [6, 6.07) is 60.7. The Kier molecular flexibility index (Phi) is 10.9. The van der Waals surface area contributed by atoms with E-state index in [0.717, 1.165) is 0 Å². The number of rotatable bonds is 5. The van der Waals surface area contributed by atoms with Crippen LogP contribution in [0.4, 0.5) is 34.1 Å². The van der Waals surface area contributed by atoms with Gasteiger partial charge >= 0.3 is 0 Å². The van der Waals surface area contributed by atoms with Crippen LogP contribution in [-0.2, 0) is 10.8 Å². The Morgan fingerprint density at radius 1 is 0.351 bits per heavy atom. The van der Waals surface area contributed by atoms with Crippen LogP contribution in [0, 0.1) is 55.4 Å². The van der Waals surface area contributed by atoms with E-state index in [2.05, 4.69) is 269 Å². The van der Waals surface area contributed by atoms with Gasteiger partial charge in [0.1, 0.15) is 0 Å². The number of benzene rings is 9. The molecule has 0 aliphatic carbocycles. The van der Waals surface area contributed by atoms with Gasteiger partial charge in [-0.3, -0.25) is 0 Å². The lowest BCUT2D eigenvalue weighted by atomic mass is 9.33. The van der Waals surface area contributed by atoms with Gasteiger partial charge < -0.3 is 14.4 Å². The minimum Gasteiger partial charge on any atom is -0.311 e. The predicted octanol–water partition coefficient (Wildman–Crippen LogP) is 17.3. The Labute approximate surface area is 440 Å². The van der Waals surface area contributed by atoms with Gasteiger partial charge in [-0.1, -0.05) is 157 Å². The molecule has 12 rings (SSSR count). The van der Waals surface area contributed by atoms with Gasteiger partial charge in [0.05, 0.1) is 28.1 Å². The summed E-state index contributed by atoms with van der Waals surface area (Å²) < 4.78 is 2.55. The fourth-order valence-corrected chi connectivity index (χ4v) is 13.0. The molecule has 0 unspecified atom stereocenters. The Hall–Kier alpha value is -7.56. The highest BCUT2D eigenvalue weighted by Crippen LogP contribution is 2.51. The number of hydrogen-bond donors (Lipinski definition) is 0. The van der Waals surface area contributed by atoms with Gasteiger partial charge in [0, 0.05) is 33.5 Å². The first-order chi connectivity index (χ1) is 35.3. The van der Waals surface area contributed by atoms with Gasteiger partial charge in [0.25, 0.3) is 6.71 Å². The second kappa shape index (κ2) is 17.0. The standard InChI is InChI=1S/C70H68BN3/c1-41-22-15-16-27-52(41)54-30-21-29-53(48(54)8)49-34-46(6)68(47(7)35-49)73-61-36-50(69(9,10)11)32-33-57(61)71-58-39-56-55-28-17-18-31-59(55)72(66-42(2)23-19-24-43(66)3)60(56)40-62(58)74(67-44(4)25-20-26-45(67)5)64-38-51(70(12,13)14)37-63(73)65(64)71/h15-40H,1-14H3. The molecule has 9 aromatic carbocycles. The molecule has 0 atom stereocenters. The molecule has 0 radical (unpaired) electrons. The fourth-order valence-electron chi connectivity index (χ4n) is 13.0. The van der Waals surface area contributed by atoms with Crippen LogP contribution < -0.4 is 26.2 Å². The van der Waals surface area contributed by atoms with E-state index >= 15 is 0 Å². The lowest BCUT2D eigenvalue weighted by Crippen LogP contribution is -2.61. The first-order valence-electron chi connectivity index (χ1n) is 26.7. The average molecular weight is 962 g/mol. The summed E-state index contributed by atoms with van der Waals surface area (Å²) in [5.74, 6) is 0. The maximum atomic E-state index is 2.68. The molecule has 74 heavy (non-hydrogen) atoms. The van der Waals surface area contributed by atoms with E-state index in [-0.39, 0.29) is 17.5 Å². The number of hydrogen-bond acceptors (Lipinski definition) is 2. The van der Waals surface area contributed by atoms with Crippen molar-refractivity contribution in [1.82, 2.24) is 4.57 Å². The molecule has 0 spiro atoms. The third-order valence-corrected chi connectivity index (χ3v) is 16.7. The normalized spacial score (nSPS) is 13.2. The molecular formula is C70H68BN3. The Morgan fingerprint density at radius 2 is 0.851 bits per heavy atom. The van der Waals surface area contributed by atoms with Crippen molar-refractivity contribution in [3.8, 4) is 27.9 Å². The van der Waals surface area contributed by atoms with Crippen molar-refractivity contribution in [2.45, 2.75) is 108 Å². The molecule has 0 amide bonds. The van der Waals surface area contributed by atoms with Crippen molar-refractivity contribution in [2.24, 2.45) is 0 Å². The van der Waals surface area contributed by atoms with Crippen molar-refractivity contribution in [3.05, 3.63) is 213 Å². The number of para-hydroxylation sites is 3. The molecular weight excluding hydrogens is 894 g/mol. The summed E-state index contributed by atoms with van der Waals surface area (Å²) in [6.07, 6.45) is 0. The monoisotopic (exact) mass is 962 g/mol. The maximum Gasteiger partial charge on any atom is 0.252 e. The molecule has 10 aromatic rings. The first kappa shape index (κ1) is 47.4. The largest absolute Gasteiger partial charge is 0.311 e. The summed E-state index contributed by atoms with van der Waals surface area (Å²) in [5, 5.41) is 2.55. The van der Waals surface area contributed by atoms with Gasteiger partial charge in [0.15, 0.2) is 0 Å². The topological polar surface area (TPSA) is 11.4 Å². The molecule has 0 saturated heterocycles. The molecule has 0 N–H and O–H groups in total. The fraction of sp³-hybridized carbons (Fsp3) is 0.229. The zero-order chi connectivity index (χ0) is 51.9. The summed E-state index contributed by atoms with van der Waals surface area (Å²) >= 11 is 0. The van der Waals surface area contributed by atoms with Crippen LogP contribution in [0.25, 0.3) is 49.7 Å². The van der Waals surface area contributed by atoms with Crippen LogP contribution in [0.5, 0.6) is 0 Å². The molecule has 2 aliphatic rings. The van der Waals surface area contributed by atoms with E-state index in [1.54, 1.807) is 0 Å². The smallest absolute Gasteiger partial charge is 0.252 e. The highest BCUT2D eigenvalue weighted by Gasteiger charge is 2.46. The van der Waals surface area contributed by atoms with Crippen LogP contribution in [0.3, 0.4) is 0 Å². The van der Waals surface area contributed by atoms with Crippen LogP contribution in [-0.4, -0.2) is 11.3 Å². The second-order valence-electron chi connectivity index (χ2n) is 23.8. The zero-order valence-corrected chi connectivity index (χ0v) is 45.9. The zero-order valence-electron chi connectivity index (χ0n) is 45.9. The van der Waals surface area contributed by atoms with Crippen molar-refractivity contribution < 1.29 is 0 Å². The number of aromatic nitrogens is 1. The van der Waals surface area contributed by atoms with Crippen molar-refractivity contribution in [2.75, 3.05) is 9.80 Å². The molecule has 3 heterocycles. The SMILES string of the molecule is Cc1ccccc1-c1cccc(-c2cc(C)c(N3c4cc(C(C)(C)C)ccc4B4c5cc6c7ccccc7n(-c7c(C)cccc7C)c6cc5N(c5c(C)cccc5C)c5cc(C(C)(C)C)cc3c54)c(C)c2)c1C. The Balaban J connectivity index is 1.19. The maximum absolute atomic E-state index is 2.68. The molecule has 3 nitrogen and oxygen atoms in total. The summed E-state index contributed by atoms with van der Waals surface area (Å²) in [7, 11) is 0. The van der Waals surface area contributed by atoms with Gasteiger partial charge in [-0.2, -0.15) is 0 Å². The number of anilines is 6. The predicted molar refractivity (Wildman–Crippen MR) is 321 cm³/mol. The molecule has 366 valence electrons. The minimum absolute atomic E-state index is 0.0386. The van der Waals surface area contributed by atoms with E-state index in [4.69, 9.17) is 0 Å². The highest BCUT2D eigenvalue weighted by molar-refractivity contribution is 7.00. The number of fused-ring (bicyclic) bond motifs is 7. The minimum atomic E-state index is -0.153. The van der Waals surface area contributed by atoms with Crippen molar-refractivity contribution >= 4 is 79.0 Å². The molecule has 0 fully saturated rings. The van der Waals surface area contributed by atoms with Crippen LogP contribution >= 0.6 is 0 Å². The third-order valence-electron chi connectivity index (χ3n) is 16.7. The summed E-state index contributed by atoms with van der Waals surface area (Å²) in [4.78, 5) is 5.34. The highest BCUT2D eigenvalue weighted by atomic mass is 15.2. The van der Waals surface area contributed by atoms with Gasteiger partial charge in [-0.25, -0.2) is 0 Å². The number of aryl methyl sites for hydroxylation is 7. The van der Waals surface area contributed by atoms with E-state index in [9.17, 15) is 0 Å². The van der Waals surface area contributed by atoms with Gasteiger partial charge in [-0.15, -0.1) is 0 Å². The molecule has 1 aromatic heterocycles. The van der Waals surface area contributed by atoms with Crippen molar-refractivity contribution in [1.29, 1.82) is 0 Å². The van der Waals surface area contributed by atoms with Crippen LogP contribution in [0.1, 0.15) is 97.2 Å². The molecule has 4 heteroatoms. The quantitative estimate of drug-likeness (QED) is 0.159. The Morgan fingerprint density at radius 3 is 1.47 bits per heavy atom. The Bertz CT molecular complexity index is 3920. The second-order valence-corrected chi connectivity index (χ2v) is 23.8. The lowest BCUT2D eigenvalue weighted by Gasteiger charge is -2.46. The van der Waals surface area contributed by atoms with Gasteiger partial charge in [-0.05, 0) is 203 Å². The molecule has 2 aliphatic heterocycles. The number of nitrogens with zero attached hydrogens (tertiary/aromatic N) is 3. The lowest BCUT2D eigenvalue weighted by molar-refractivity contribution is 0.590. The third kappa shape index (κ3) is 7.23. The van der Waals surface area contributed by atoms with E-state index in [0.29, 0.717) is 0 Å². The van der Waals surface area contributed by atoms with Gasteiger partial charge in [0.2, 0.25) is 0 Å². The first-order valence-corrected chi connectivity index (χ1v) is 26.7. The molecule has 0 bridgehead atoms. The van der Waals surface area contributed by atoms with E-state index in [1.165, 1.54) is 156 Å². The molecule has 0 saturated carbocycles.